The molecular formula is C16H23NO4. The summed E-state index contributed by atoms with van der Waals surface area (Å²) in [4.78, 5) is 22.9. The van der Waals surface area contributed by atoms with Crippen molar-refractivity contribution in [2.45, 2.75) is 46.1 Å². The van der Waals surface area contributed by atoms with Crippen LogP contribution >= 0.6 is 0 Å². The van der Waals surface area contributed by atoms with Gasteiger partial charge in [0.05, 0.1) is 12.8 Å². The molecule has 0 saturated heterocycles. The topological polar surface area (TPSA) is 86.6 Å². The first-order valence-corrected chi connectivity index (χ1v) is 6.95. The van der Waals surface area contributed by atoms with E-state index in [0.717, 1.165) is 5.56 Å². The molecule has 0 spiro atoms. The lowest BCUT2D eigenvalue weighted by molar-refractivity contribution is -0.137. The van der Waals surface area contributed by atoms with E-state index in [0.29, 0.717) is 6.42 Å². The molecule has 1 amide bonds. The molecule has 1 rings (SSSR count). The number of phenols is 1. The van der Waals surface area contributed by atoms with Crippen LogP contribution in [0.3, 0.4) is 0 Å². The summed E-state index contributed by atoms with van der Waals surface area (Å²) in [6, 6.07) is 6.00. The fourth-order valence-electron chi connectivity index (χ4n) is 2.20. The molecule has 0 aliphatic carbocycles. The van der Waals surface area contributed by atoms with Gasteiger partial charge in [0, 0.05) is 6.04 Å². The van der Waals surface area contributed by atoms with E-state index in [9.17, 15) is 14.7 Å². The van der Waals surface area contributed by atoms with Crippen molar-refractivity contribution < 1.29 is 19.8 Å². The first-order chi connectivity index (χ1) is 9.65. The normalized spacial score (nSPS) is 12.7. The van der Waals surface area contributed by atoms with Crippen molar-refractivity contribution in [3.05, 3.63) is 29.8 Å². The van der Waals surface area contributed by atoms with Crippen molar-refractivity contribution in [3.8, 4) is 5.75 Å². The number of carboxylic acid groups (broad SMARTS) is 1. The highest BCUT2D eigenvalue weighted by atomic mass is 16.4. The number of aliphatic carboxylic acids is 1. The number of hydrogen-bond donors (Lipinski definition) is 3. The van der Waals surface area contributed by atoms with Gasteiger partial charge in [-0.3, -0.25) is 9.59 Å². The Morgan fingerprint density at radius 2 is 1.76 bits per heavy atom. The molecule has 0 fully saturated rings. The fourth-order valence-corrected chi connectivity index (χ4v) is 2.20. The summed E-state index contributed by atoms with van der Waals surface area (Å²) in [7, 11) is 0. The molecule has 0 aliphatic heterocycles. The van der Waals surface area contributed by atoms with Crippen LogP contribution in [0.2, 0.25) is 0 Å². The summed E-state index contributed by atoms with van der Waals surface area (Å²) >= 11 is 0. The van der Waals surface area contributed by atoms with Crippen molar-refractivity contribution in [2.75, 3.05) is 0 Å². The van der Waals surface area contributed by atoms with E-state index < -0.39 is 5.97 Å². The highest BCUT2D eigenvalue weighted by molar-refractivity contribution is 5.79. The number of carboxylic acids is 1. The Morgan fingerprint density at radius 3 is 2.24 bits per heavy atom. The summed E-state index contributed by atoms with van der Waals surface area (Å²) in [5.41, 5.74) is 0.710. The molecule has 116 valence electrons. The van der Waals surface area contributed by atoms with Crippen LogP contribution in [0.1, 0.15) is 39.2 Å². The number of nitrogens with one attached hydrogen (secondary N) is 1. The van der Waals surface area contributed by atoms with Gasteiger partial charge >= 0.3 is 5.97 Å². The van der Waals surface area contributed by atoms with Crippen molar-refractivity contribution in [2.24, 2.45) is 5.41 Å². The zero-order valence-corrected chi connectivity index (χ0v) is 12.7. The molecule has 0 saturated carbocycles. The minimum absolute atomic E-state index is 0.0636. The van der Waals surface area contributed by atoms with Crippen LogP contribution in [-0.4, -0.2) is 28.1 Å². The zero-order chi connectivity index (χ0) is 16.0. The number of carbonyl (C=O) groups is 2. The van der Waals surface area contributed by atoms with Crippen molar-refractivity contribution in [1.29, 1.82) is 0 Å². The van der Waals surface area contributed by atoms with Crippen LogP contribution in [-0.2, 0) is 16.0 Å². The quantitative estimate of drug-likeness (QED) is 0.751. The second kappa shape index (κ2) is 7.11. The van der Waals surface area contributed by atoms with Crippen molar-refractivity contribution in [3.63, 3.8) is 0 Å². The number of aromatic hydroxyl groups is 1. The summed E-state index contributed by atoms with van der Waals surface area (Å²) in [6.07, 6.45) is 0.680. The summed E-state index contributed by atoms with van der Waals surface area (Å²) < 4.78 is 0. The van der Waals surface area contributed by atoms with Gasteiger partial charge in [-0.15, -0.1) is 0 Å². The Kier molecular flexibility index (Phi) is 5.76. The largest absolute Gasteiger partial charge is 0.508 e. The van der Waals surface area contributed by atoms with Gasteiger partial charge in [-0.25, -0.2) is 0 Å². The van der Waals surface area contributed by atoms with Gasteiger partial charge < -0.3 is 15.5 Å². The Hall–Kier alpha value is -2.04. The maximum atomic E-state index is 12.0. The third-order valence-electron chi connectivity index (χ3n) is 2.95. The number of amides is 1. The second-order valence-electron chi connectivity index (χ2n) is 6.47. The van der Waals surface area contributed by atoms with Gasteiger partial charge in [0.15, 0.2) is 0 Å². The molecule has 1 atom stereocenters. The lowest BCUT2D eigenvalue weighted by Crippen LogP contribution is -2.39. The molecule has 1 aromatic carbocycles. The third-order valence-corrected chi connectivity index (χ3v) is 2.95. The predicted molar refractivity (Wildman–Crippen MR) is 80.1 cm³/mol. The van der Waals surface area contributed by atoms with Gasteiger partial charge in [0.25, 0.3) is 0 Å². The molecule has 1 aromatic rings. The monoisotopic (exact) mass is 293 g/mol. The van der Waals surface area contributed by atoms with E-state index in [1.54, 1.807) is 12.1 Å². The van der Waals surface area contributed by atoms with Crippen LogP contribution in [0.25, 0.3) is 0 Å². The molecule has 3 N–H and O–H groups in total. The first-order valence-electron chi connectivity index (χ1n) is 6.95. The highest BCUT2D eigenvalue weighted by Gasteiger charge is 2.22. The average molecular weight is 293 g/mol. The van der Waals surface area contributed by atoms with Gasteiger partial charge in [0.2, 0.25) is 5.91 Å². The molecule has 0 bridgehead atoms. The second-order valence-corrected chi connectivity index (χ2v) is 6.47. The number of benzene rings is 1. The summed E-state index contributed by atoms with van der Waals surface area (Å²) in [5, 5.41) is 20.9. The molecular weight excluding hydrogens is 270 g/mol. The molecule has 5 nitrogen and oxygen atoms in total. The Labute approximate surface area is 125 Å². The maximum absolute atomic E-state index is 12.0. The van der Waals surface area contributed by atoms with Crippen LogP contribution in [0.5, 0.6) is 5.75 Å². The standard InChI is InChI=1S/C16H23NO4/c1-16(2,3)10-12(9-15(20)21)17-14(19)8-11-4-6-13(18)7-5-11/h4-7,12,18H,8-10H2,1-3H3,(H,17,19)(H,20,21). The minimum atomic E-state index is -0.922. The van der Waals surface area contributed by atoms with Gasteiger partial charge in [-0.05, 0) is 29.5 Å². The fraction of sp³-hybridized carbons (Fsp3) is 0.500. The number of hydrogen-bond acceptors (Lipinski definition) is 3. The molecule has 0 aliphatic rings. The lowest BCUT2D eigenvalue weighted by atomic mass is 9.87. The smallest absolute Gasteiger partial charge is 0.305 e. The molecule has 21 heavy (non-hydrogen) atoms. The van der Waals surface area contributed by atoms with E-state index in [4.69, 9.17) is 5.11 Å². The Balaban J connectivity index is 2.62. The van der Waals surface area contributed by atoms with Gasteiger partial charge in [-0.2, -0.15) is 0 Å². The summed E-state index contributed by atoms with van der Waals surface area (Å²) in [6.45, 7) is 6.02. The SMILES string of the molecule is CC(C)(C)CC(CC(=O)O)NC(=O)Cc1ccc(O)cc1. The zero-order valence-electron chi connectivity index (χ0n) is 12.7. The summed E-state index contributed by atoms with van der Waals surface area (Å²) in [5.74, 6) is -0.985. The van der Waals surface area contributed by atoms with Gasteiger partial charge in [0.1, 0.15) is 5.75 Å². The van der Waals surface area contributed by atoms with Crippen LogP contribution in [0.4, 0.5) is 0 Å². The average Bonchev–Trinajstić information content (AvgIpc) is 2.28. The third kappa shape index (κ3) is 7.34. The molecule has 0 heterocycles. The maximum Gasteiger partial charge on any atom is 0.305 e. The van der Waals surface area contributed by atoms with E-state index >= 15 is 0 Å². The molecule has 5 heteroatoms. The lowest BCUT2D eigenvalue weighted by Gasteiger charge is -2.25. The van der Waals surface area contributed by atoms with Crippen LogP contribution in [0, 0.1) is 5.41 Å². The first kappa shape index (κ1) is 17.0. The number of rotatable bonds is 6. The van der Waals surface area contributed by atoms with E-state index in [2.05, 4.69) is 5.32 Å². The number of phenolic OH excluding ortho intramolecular Hbond substituents is 1. The van der Waals surface area contributed by atoms with Crippen molar-refractivity contribution in [1.82, 2.24) is 5.32 Å². The van der Waals surface area contributed by atoms with Crippen molar-refractivity contribution >= 4 is 11.9 Å². The highest BCUT2D eigenvalue weighted by Crippen LogP contribution is 2.22. The Bertz CT molecular complexity index is 488. The number of carbonyl (C=O) groups excluding carboxylic acids is 1. The minimum Gasteiger partial charge on any atom is -0.508 e. The van der Waals surface area contributed by atoms with Crippen LogP contribution < -0.4 is 5.32 Å². The van der Waals surface area contributed by atoms with Gasteiger partial charge in [-0.1, -0.05) is 32.9 Å². The van der Waals surface area contributed by atoms with E-state index in [1.165, 1.54) is 12.1 Å². The predicted octanol–water partition coefficient (Wildman–Crippen LogP) is 2.33. The van der Waals surface area contributed by atoms with E-state index in [1.807, 2.05) is 20.8 Å². The molecule has 0 aromatic heterocycles. The van der Waals surface area contributed by atoms with Crippen LogP contribution in [0.15, 0.2) is 24.3 Å². The Morgan fingerprint density at radius 1 is 1.19 bits per heavy atom. The van der Waals surface area contributed by atoms with E-state index in [-0.39, 0.29) is 36.0 Å². The molecule has 0 radical (unpaired) electrons. The molecule has 1 unspecified atom stereocenters.